The van der Waals surface area contributed by atoms with Crippen LogP contribution in [0.25, 0.3) is 0 Å². The van der Waals surface area contributed by atoms with Gasteiger partial charge in [-0.05, 0) is 30.9 Å². The number of piperidine rings is 1. The van der Waals surface area contributed by atoms with Crippen LogP contribution in [0.2, 0.25) is 0 Å². The van der Waals surface area contributed by atoms with E-state index in [9.17, 15) is 4.79 Å². The molecule has 1 unspecified atom stereocenters. The molecule has 23 heavy (non-hydrogen) atoms. The molecule has 0 aromatic carbocycles. The first-order chi connectivity index (χ1) is 10.2. The van der Waals surface area contributed by atoms with E-state index in [2.05, 4.69) is 15.2 Å². The highest BCUT2D eigenvalue weighted by atomic mass is 35.5. The summed E-state index contributed by atoms with van der Waals surface area (Å²) in [6.07, 6.45) is 5.59. The Labute approximate surface area is 150 Å². The van der Waals surface area contributed by atoms with Crippen LogP contribution in [-0.4, -0.2) is 43.7 Å². The summed E-state index contributed by atoms with van der Waals surface area (Å²) < 4.78 is 4.86. The van der Waals surface area contributed by atoms with Gasteiger partial charge in [-0.3, -0.25) is 4.79 Å². The monoisotopic (exact) mass is 364 g/mol. The number of carbonyl (C=O) groups is 1. The number of ether oxygens (including phenoxy) is 1. The zero-order valence-electron chi connectivity index (χ0n) is 13.4. The number of hydrogen-bond donors (Lipinski definition) is 2. The third-order valence-corrected chi connectivity index (χ3v) is 3.64. The number of carbonyl (C=O) groups excluding carboxylic acids is 1. The fourth-order valence-electron chi connectivity index (χ4n) is 2.41. The van der Waals surface area contributed by atoms with E-state index in [0.29, 0.717) is 6.54 Å². The number of methoxy groups -OCH3 is 1. The number of aromatic nitrogens is 1. The van der Waals surface area contributed by atoms with Crippen molar-refractivity contribution in [1.82, 2.24) is 10.3 Å². The van der Waals surface area contributed by atoms with E-state index in [4.69, 9.17) is 10.5 Å². The largest absolute Gasteiger partial charge is 0.383 e. The third-order valence-electron chi connectivity index (χ3n) is 3.64. The van der Waals surface area contributed by atoms with Crippen molar-refractivity contribution in [2.45, 2.75) is 31.8 Å². The van der Waals surface area contributed by atoms with Gasteiger partial charge in [-0.2, -0.15) is 0 Å². The summed E-state index contributed by atoms with van der Waals surface area (Å²) in [7, 11) is 1.52. The molecule has 0 bridgehead atoms. The molecule has 1 aliphatic rings. The van der Waals surface area contributed by atoms with Crippen LogP contribution in [0.5, 0.6) is 0 Å². The first kappa shape index (κ1) is 21.9. The van der Waals surface area contributed by atoms with E-state index in [-0.39, 0.29) is 37.3 Å². The number of hydrogen-bond acceptors (Lipinski definition) is 5. The number of pyridine rings is 1. The van der Waals surface area contributed by atoms with Gasteiger partial charge in [0, 0.05) is 32.9 Å². The molecule has 1 atom stereocenters. The fourth-order valence-corrected chi connectivity index (χ4v) is 2.41. The average Bonchev–Trinajstić information content (AvgIpc) is 2.54. The number of halogens is 2. The molecule has 132 valence electrons. The lowest BCUT2D eigenvalue weighted by Crippen LogP contribution is -2.43. The van der Waals surface area contributed by atoms with E-state index in [1.807, 2.05) is 18.3 Å². The fraction of sp³-hybridized carbons (Fsp3) is 0.600. The van der Waals surface area contributed by atoms with Crippen molar-refractivity contribution in [1.29, 1.82) is 0 Å². The molecule has 1 saturated heterocycles. The Balaban J connectivity index is 0.00000242. The van der Waals surface area contributed by atoms with Gasteiger partial charge in [-0.25, -0.2) is 4.98 Å². The second-order valence-corrected chi connectivity index (χ2v) is 5.35. The number of nitrogens with one attached hydrogen (secondary N) is 1. The van der Waals surface area contributed by atoms with Crippen LogP contribution >= 0.6 is 24.8 Å². The molecule has 6 nitrogen and oxygen atoms in total. The molecule has 0 radical (unpaired) electrons. The highest BCUT2D eigenvalue weighted by Crippen LogP contribution is 2.17. The quantitative estimate of drug-likeness (QED) is 0.799. The van der Waals surface area contributed by atoms with E-state index in [1.165, 1.54) is 26.4 Å². The van der Waals surface area contributed by atoms with Crippen molar-refractivity contribution in [3.05, 3.63) is 23.9 Å². The van der Waals surface area contributed by atoms with Crippen LogP contribution in [0, 0.1) is 0 Å². The van der Waals surface area contributed by atoms with Gasteiger partial charge in [0.05, 0.1) is 6.61 Å². The predicted molar refractivity (Wildman–Crippen MR) is 96.5 cm³/mol. The first-order valence-electron chi connectivity index (χ1n) is 7.43. The Morgan fingerprint density at radius 3 is 2.61 bits per heavy atom. The van der Waals surface area contributed by atoms with Crippen molar-refractivity contribution in [3.8, 4) is 0 Å². The van der Waals surface area contributed by atoms with E-state index in [0.717, 1.165) is 24.5 Å². The first-order valence-corrected chi connectivity index (χ1v) is 7.43. The SMILES string of the molecule is COCC(N)C(=O)NCc1ccc(N2CCCCC2)nc1.Cl.Cl. The molecule has 3 N–H and O–H groups in total. The summed E-state index contributed by atoms with van der Waals surface area (Å²) in [6.45, 7) is 2.81. The molecule has 0 aliphatic carbocycles. The smallest absolute Gasteiger partial charge is 0.239 e. The molecule has 1 aromatic heterocycles. The zero-order valence-corrected chi connectivity index (χ0v) is 15.0. The Hall–Kier alpha value is -1.08. The van der Waals surface area contributed by atoms with E-state index in [1.54, 1.807) is 0 Å². The van der Waals surface area contributed by atoms with Crippen LogP contribution in [0.4, 0.5) is 5.82 Å². The Morgan fingerprint density at radius 2 is 2.04 bits per heavy atom. The number of rotatable bonds is 6. The lowest BCUT2D eigenvalue weighted by molar-refractivity contribution is -0.123. The van der Waals surface area contributed by atoms with Gasteiger partial charge in [-0.15, -0.1) is 24.8 Å². The topological polar surface area (TPSA) is 80.5 Å². The summed E-state index contributed by atoms with van der Waals surface area (Å²) in [4.78, 5) is 18.5. The molecular formula is C15H26Cl2N4O2. The lowest BCUT2D eigenvalue weighted by Gasteiger charge is -2.27. The Kier molecular flexibility index (Phi) is 10.9. The van der Waals surface area contributed by atoms with Gasteiger partial charge in [-0.1, -0.05) is 6.07 Å². The Bertz CT molecular complexity index is 453. The molecule has 1 amide bonds. The maximum absolute atomic E-state index is 11.7. The van der Waals surface area contributed by atoms with Crippen LogP contribution < -0.4 is 16.0 Å². The molecule has 0 spiro atoms. The standard InChI is InChI=1S/C15H24N4O2.2ClH/c1-21-11-13(16)15(20)18-10-12-5-6-14(17-9-12)19-7-3-2-4-8-19;;/h5-6,9,13H,2-4,7-8,10-11,16H2,1H3,(H,18,20);2*1H. The van der Waals surface area contributed by atoms with Crippen LogP contribution in [-0.2, 0) is 16.1 Å². The molecular weight excluding hydrogens is 339 g/mol. The van der Waals surface area contributed by atoms with Gasteiger partial charge in [0.1, 0.15) is 11.9 Å². The van der Waals surface area contributed by atoms with E-state index >= 15 is 0 Å². The zero-order chi connectivity index (χ0) is 15.1. The maximum atomic E-state index is 11.7. The molecule has 1 aromatic rings. The molecule has 2 rings (SSSR count). The van der Waals surface area contributed by atoms with Crippen molar-refractivity contribution in [3.63, 3.8) is 0 Å². The normalized spacial score (nSPS) is 15.1. The summed E-state index contributed by atoms with van der Waals surface area (Å²) in [5.74, 6) is 0.804. The van der Waals surface area contributed by atoms with Crippen molar-refractivity contribution in [2.24, 2.45) is 5.73 Å². The summed E-state index contributed by atoms with van der Waals surface area (Å²) in [5, 5.41) is 2.78. The molecule has 8 heteroatoms. The highest BCUT2D eigenvalue weighted by Gasteiger charge is 2.13. The minimum atomic E-state index is -0.629. The van der Waals surface area contributed by atoms with Crippen molar-refractivity contribution in [2.75, 3.05) is 31.7 Å². The van der Waals surface area contributed by atoms with Gasteiger partial charge in [0.15, 0.2) is 0 Å². The van der Waals surface area contributed by atoms with Crippen molar-refractivity contribution < 1.29 is 9.53 Å². The maximum Gasteiger partial charge on any atom is 0.239 e. The number of amides is 1. The molecule has 2 heterocycles. The second kappa shape index (κ2) is 11.5. The number of nitrogens with two attached hydrogens (primary N) is 1. The summed E-state index contributed by atoms with van der Waals surface area (Å²) in [5.41, 5.74) is 6.62. The Morgan fingerprint density at radius 1 is 1.35 bits per heavy atom. The second-order valence-electron chi connectivity index (χ2n) is 5.35. The number of anilines is 1. The number of nitrogens with zero attached hydrogens (tertiary/aromatic N) is 2. The highest BCUT2D eigenvalue weighted by molar-refractivity contribution is 5.85. The van der Waals surface area contributed by atoms with Gasteiger partial charge in [0.2, 0.25) is 5.91 Å². The summed E-state index contributed by atoms with van der Waals surface area (Å²) >= 11 is 0. The van der Waals surface area contributed by atoms with E-state index < -0.39 is 6.04 Å². The van der Waals surface area contributed by atoms with Gasteiger partial charge in [0.25, 0.3) is 0 Å². The van der Waals surface area contributed by atoms with Crippen LogP contribution in [0.15, 0.2) is 18.3 Å². The molecule has 0 saturated carbocycles. The minimum Gasteiger partial charge on any atom is -0.383 e. The van der Waals surface area contributed by atoms with Crippen LogP contribution in [0.3, 0.4) is 0 Å². The molecule has 1 fully saturated rings. The molecule has 1 aliphatic heterocycles. The van der Waals surface area contributed by atoms with Gasteiger partial charge < -0.3 is 20.7 Å². The van der Waals surface area contributed by atoms with Gasteiger partial charge >= 0.3 is 0 Å². The minimum absolute atomic E-state index is 0. The van der Waals surface area contributed by atoms with Crippen molar-refractivity contribution >= 4 is 36.5 Å². The lowest BCUT2D eigenvalue weighted by atomic mass is 10.1. The predicted octanol–water partition coefficient (Wildman–Crippen LogP) is 1.51. The average molecular weight is 365 g/mol. The third kappa shape index (κ3) is 6.91. The summed E-state index contributed by atoms with van der Waals surface area (Å²) in [6, 6.07) is 3.39. The van der Waals surface area contributed by atoms with Crippen LogP contribution in [0.1, 0.15) is 24.8 Å².